The molecule has 154 valence electrons. The molecule has 0 saturated carbocycles. The van der Waals surface area contributed by atoms with Gasteiger partial charge in [0, 0.05) is 44.0 Å². The van der Waals surface area contributed by atoms with Gasteiger partial charge in [-0.3, -0.25) is 9.59 Å². The van der Waals surface area contributed by atoms with Gasteiger partial charge in [-0.05, 0) is 30.2 Å². The van der Waals surface area contributed by atoms with Gasteiger partial charge in [0.1, 0.15) is 0 Å². The van der Waals surface area contributed by atoms with Crippen molar-refractivity contribution in [3.8, 4) is 5.69 Å². The van der Waals surface area contributed by atoms with Gasteiger partial charge in [-0.1, -0.05) is 43.3 Å². The molecule has 6 heteroatoms. The smallest absolute Gasteiger partial charge is 0.228 e. The van der Waals surface area contributed by atoms with Crippen molar-refractivity contribution < 1.29 is 9.59 Å². The monoisotopic (exact) mass is 402 g/mol. The fourth-order valence-electron chi connectivity index (χ4n) is 4.01. The van der Waals surface area contributed by atoms with Crippen LogP contribution in [0.25, 0.3) is 5.69 Å². The summed E-state index contributed by atoms with van der Waals surface area (Å²) in [6.45, 7) is 2.97. The van der Waals surface area contributed by atoms with E-state index in [4.69, 9.17) is 0 Å². The van der Waals surface area contributed by atoms with E-state index in [2.05, 4.69) is 12.0 Å². The lowest BCUT2D eigenvalue weighted by Gasteiger charge is -2.22. The molecule has 2 aromatic carbocycles. The van der Waals surface area contributed by atoms with E-state index in [1.807, 2.05) is 60.8 Å². The van der Waals surface area contributed by atoms with E-state index in [0.717, 1.165) is 28.9 Å². The first kappa shape index (κ1) is 19.9. The highest BCUT2D eigenvalue weighted by molar-refractivity contribution is 6.00. The van der Waals surface area contributed by atoms with Gasteiger partial charge in [0.15, 0.2) is 0 Å². The van der Waals surface area contributed by atoms with E-state index < -0.39 is 0 Å². The number of hydrogen-bond donors (Lipinski definition) is 0. The molecule has 1 aliphatic heterocycles. The summed E-state index contributed by atoms with van der Waals surface area (Å²) in [6.07, 6.45) is 4.82. The molecule has 0 aliphatic carbocycles. The zero-order chi connectivity index (χ0) is 21.1. The highest BCUT2D eigenvalue weighted by Crippen LogP contribution is 2.29. The fraction of sp³-hybridized carbons (Fsp3) is 0.292. The summed E-state index contributed by atoms with van der Waals surface area (Å²) in [6, 6.07) is 17.8. The maximum Gasteiger partial charge on any atom is 0.228 e. The summed E-state index contributed by atoms with van der Waals surface area (Å²) in [5.41, 5.74) is 3.98. The Labute approximate surface area is 176 Å². The van der Waals surface area contributed by atoms with Gasteiger partial charge >= 0.3 is 0 Å². The van der Waals surface area contributed by atoms with Crippen molar-refractivity contribution in [2.45, 2.75) is 26.3 Å². The van der Waals surface area contributed by atoms with Crippen LogP contribution in [0.4, 0.5) is 5.69 Å². The lowest BCUT2D eigenvalue weighted by molar-refractivity contribution is -0.135. The van der Waals surface area contributed by atoms with Crippen LogP contribution in [-0.4, -0.2) is 40.1 Å². The molecule has 2 amide bonds. The Bertz CT molecular complexity index is 1040. The SMILES string of the molecule is CCc1ccccc1N1CC(C(=O)N(C)Cc2cnn(-c3ccccc3)c2)CC1=O. The highest BCUT2D eigenvalue weighted by Gasteiger charge is 2.37. The molecule has 6 nitrogen and oxygen atoms in total. The highest BCUT2D eigenvalue weighted by atomic mass is 16.2. The summed E-state index contributed by atoms with van der Waals surface area (Å²) in [5.74, 6) is -0.316. The van der Waals surface area contributed by atoms with Gasteiger partial charge in [-0.2, -0.15) is 5.10 Å². The average molecular weight is 402 g/mol. The van der Waals surface area contributed by atoms with E-state index in [1.165, 1.54) is 0 Å². The summed E-state index contributed by atoms with van der Waals surface area (Å²) >= 11 is 0. The maximum atomic E-state index is 13.0. The third-order valence-electron chi connectivity index (χ3n) is 5.59. The summed E-state index contributed by atoms with van der Waals surface area (Å²) in [4.78, 5) is 29.1. The van der Waals surface area contributed by atoms with E-state index >= 15 is 0 Å². The predicted molar refractivity (Wildman–Crippen MR) is 116 cm³/mol. The van der Waals surface area contributed by atoms with Gasteiger partial charge in [0.05, 0.1) is 17.8 Å². The standard InChI is InChI=1S/C24H26N4O2/c1-3-19-9-7-8-12-22(19)27-17-20(13-23(27)29)24(30)26(2)15-18-14-25-28(16-18)21-10-5-4-6-11-21/h4-12,14,16,20H,3,13,15,17H2,1-2H3. The molecule has 1 aliphatic rings. The Kier molecular flexibility index (Phi) is 5.65. The minimum absolute atomic E-state index is 0.00714. The molecule has 30 heavy (non-hydrogen) atoms. The van der Waals surface area contributed by atoms with Crippen molar-refractivity contribution in [1.29, 1.82) is 0 Å². The Morgan fingerprint density at radius 3 is 2.63 bits per heavy atom. The molecule has 0 bridgehead atoms. The second-order valence-electron chi connectivity index (χ2n) is 7.71. The molecule has 1 aromatic heterocycles. The number of amides is 2. The maximum absolute atomic E-state index is 13.0. The quantitative estimate of drug-likeness (QED) is 0.635. The lowest BCUT2D eigenvalue weighted by atomic mass is 10.1. The van der Waals surface area contributed by atoms with Gasteiger partial charge in [-0.25, -0.2) is 4.68 Å². The van der Waals surface area contributed by atoms with Crippen LogP contribution in [0.5, 0.6) is 0 Å². The van der Waals surface area contributed by atoms with Crippen molar-refractivity contribution in [3.05, 3.63) is 78.1 Å². The van der Waals surface area contributed by atoms with E-state index in [-0.39, 0.29) is 24.2 Å². The number of anilines is 1. The molecular weight excluding hydrogens is 376 g/mol. The average Bonchev–Trinajstić information content (AvgIpc) is 3.40. The molecule has 2 heterocycles. The topological polar surface area (TPSA) is 58.4 Å². The van der Waals surface area contributed by atoms with E-state index in [0.29, 0.717) is 13.1 Å². The van der Waals surface area contributed by atoms with Crippen LogP contribution in [0.15, 0.2) is 67.0 Å². The Hall–Kier alpha value is -3.41. The zero-order valence-corrected chi connectivity index (χ0v) is 17.4. The van der Waals surface area contributed by atoms with Crippen molar-refractivity contribution in [3.63, 3.8) is 0 Å². The van der Waals surface area contributed by atoms with Crippen LogP contribution in [0.3, 0.4) is 0 Å². The Balaban J connectivity index is 1.42. The van der Waals surface area contributed by atoms with Gasteiger partial charge in [0.25, 0.3) is 0 Å². The molecule has 3 aromatic rings. The summed E-state index contributed by atoms with van der Waals surface area (Å²) in [7, 11) is 1.79. The molecule has 1 fully saturated rings. The van der Waals surface area contributed by atoms with E-state index in [9.17, 15) is 9.59 Å². The van der Waals surface area contributed by atoms with Gasteiger partial charge in [-0.15, -0.1) is 0 Å². The molecule has 1 atom stereocenters. The van der Waals surface area contributed by atoms with Crippen molar-refractivity contribution in [2.75, 3.05) is 18.5 Å². The van der Waals surface area contributed by atoms with E-state index in [1.54, 1.807) is 27.7 Å². The number of para-hydroxylation sites is 2. The fourth-order valence-corrected chi connectivity index (χ4v) is 4.01. The molecule has 0 spiro atoms. The third kappa shape index (κ3) is 3.99. The van der Waals surface area contributed by atoms with Gasteiger partial charge in [0.2, 0.25) is 11.8 Å². The number of hydrogen-bond acceptors (Lipinski definition) is 3. The minimum atomic E-state index is -0.323. The lowest BCUT2D eigenvalue weighted by Crippen LogP contribution is -2.34. The first-order valence-electron chi connectivity index (χ1n) is 10.3. The Morgan fingerprint density at radius 2 is 1.87 bits per heavy atom. The normalized spacial score (nSPS) is 16.1. The molecular formula is C24H26N4O2. The van der Waals surface area contributed by atoms with Crippen molar-refractivity contribution >= 4 is 17.5 Å². The van der Waals surface area contributed by atoms with Crippen molar-refractivity contribution in [2.24, 2.45) is 5.92 Å². The van der Waals surface area contributed by atoms with Crippen LogP contribution < -0.4 is 4.90 Å². The number of aryl methyl sites for hydroxylation is 1. The van der Waals surface area contributed by atoms with Crippen molar-refractivity contribution in [1.82, 2.24) is 14.7 Å². The number of benzene rings is 2. The zero-order valence-electron chi connectivity index (χ0n) is 17.4. The molecule has 0 N–H and O–H groups in total. The first-order valence-corrected chi connectivity index (χ1v) is 10.3. The number of rotatable bonds is 6. The van der Waals surface area contributed by atoms with Crippen LogP contribution >= 0.6 is 0 Å². The number of carbonyl (C=O) groups excluding carboxylic acids is 2. The minimum Gasteiger partial charge on any atom is -0.341 e. The number of carbonyl (C=O) groups is 2. The second-order valence-corrected chi connectivity index (χ2v) is 7.71. The largest absolute Gasteiger partial charge is 0.341 e. The molecule has 1 saturated heterocycles. The first-order chi connectivity index (χ1) is 14.6. The van der Waals surface area contributed by atoms with Crippen LogP contribution in [0, 0.1) is 5.92 Å². The van der Waals surface area contributed by atoms with Crippen LogP contribution in [-0.2, 0) is 22.6 Å². The molecule has 0 radical (unpaired) electrons. The molecule has 4 rings (SSSR count). The number of nitrogens with zero attached hydrogens (tertiary/aromatic N) is 4. The number of aromatic nitrogens is 2. The second kappa shape index (κ2) is 8.53. The van der Waals surface area contributed by atoms with Crippen LogP contribution in [0.2, 0.25) is 0 Å². The van der Waals surface area contributed by atoms with Gasteiger partial charge < -0.3 is 9.80 Å². The molecule has 1 unspecified atom stereocenters. The van der Waals surface area contributed by atoms with Crippen LogP contribution in [0.1, 0.15) is 24.5 Å². The summed E-state index contributed by atoms with van der Waals surface area (Å²) < 4.78 is 1.80. The summed E-state index contributed by atoms with van der Waals surface area (Å²) in [5, 5.41) is 4.40. The third-order valence-corrected chi connectivity index (χ3v) is 5.59. The Morgan fingerprint density at radius 1 is 1.13 bits per heavy atom. The predicted octanol–water partition coefficient (Wildman–Crippen LogP) is 3.45.